The van der Waals surface area contributed by atoms with Gasteiger partial charge in [-0.2, -0.15) is 0 Å². The molecule has 0 amide bonds. The van der Waals surface area contributed by atoms with Crippen LogP contribution in [0.3, 0.4) is 0 Å². The molecule has 0 heterocycles. The Hall–Kier alpha value is -0.674. The summed E-state index contributed by atoms with van der Waals surface area (Å²) in [5, 5.41) is 0. The normalized spacial score (nSPS) is 12.0. The summed E-state index contributed by atoms with van der Waals surface area (Å²) in [6.07, 6.45) is 7.13. The van der Waals surface area contributed by atoms with Gasteiger partial charge in [-0.15, -0.1) is 0 Å². The van der Waals surface area contributed by atoms with E-state index in [0.29, 0.717) is 0 Å². The van der Waals surface area contributed by atoms with Crippen LogP contribution in [0.2, 0.25) is 0 Å². The van der Waals surface area contributed by atoms with E-state index in [0.717, 1.165) is 10.9 Å². The predicted octanol–water partition coefficient (Wildman–Crippen LogP) is 1.01. The molecule has 1 aliphatic carbocycles. The second-order valence-electron chi connectivity index (χ2n) is 1.22. The Bertz CT molecular complexity index is 128. The van der Waals surface area contributed by atoms with Gasteiger partial charge in [-0.1, -0.05) is 0 Å². The number of rotatable bonds is 0. The van der Waals surface area contributed by atoms with Gasteiger partial charge in [0.25, 0.3) is 0 Å². The molecule has 1 rings (SSSR count). The van der Waals surface area contributed by atoms with E-state index in [1.807, 2.05) is 25.7 Å². The van der Waals surface area contributed by atoms with Gasteiger partial charge >= 0.3 is 44.9 Å². The zero-order valence-corrected chi connectivity index (χ0v) is 6.54. The molecule has 0 atom stereocenters. The Kier molecular flexibility index (Phi) is 13.5. The molecule has 0 saturated carbocycles. The van der Waals surface area contributed by atoms with Crippen molar-refractivity contribution in [3.8, 4) is 0 Å². The van der Waals surface area contributed by atoms with Crippen LogP contribution in [0.15, 0.2) is 22.7 Å². The Morgan fingerprint density at radius 3 is 1.90 bits per heavy atom. The molecular weight excluding hydrogens is 175 g/mol. The standard InChI is InChI=1S/C5H5.2CH2O.Co/c1-2-4-5-3-1;2*1-2;/h1-3H,4H2;2*1H2;. The topological polar surface area (TPSA) is 34.1 Å². The molecule has 10 heavy (non-hydrogen) atoms. The van der Waals surface area contributed by atoms with E-state index in [4.69, 9.17) is 9.59 Å². The Labute approximate surface area is 68.6 Å². The van der Waals surface area contributed by atoms with Crippen LogP contribution in [-0.4, -0.2) is 13.6 Å². The first-order valence-electron chi connectivity index (χ1n) is 2.46. The van der Waals surface area contributed by atoms with E-state index >= 15 is 0 Å². The number of allylic oxidation sites excluding steroid dienone is 4. The average Bonchev–Trinajstić information content (AvgIpc) is 2.48. The summed E-state index contributed by atoms with van der Waals surface area (Å²) in [5.74, 6) is 0. The van der Waals surface area contributed by atoms with Crippen LogP contribution in [0.4, 0.5) is 0 Å². The first-order valence-corrected chi connectivity index (χ1v) is 2.98. The molecule has 0 unspecified atom stereocenters. The van der Waals surface area contributed by atoms with Crippen LogP contribution < -0.4 is 0 Å². The van der Waals surface area contributed by atoms with Gasteiger partial charge in [-0.3, -0.25) is 0 Å². The summed E-state index contributed by atoms with van der Waals surface area (Å²) in [7, 11) is 0. The fourth-order valence-electron chi connectivity index (χ4n) is 0.412. The Morgan fingerprint density at radius 1 is 1.30 bits per heavy atom. The molecule has 58 valence electrons. The summed E-state index contributed by atoms with van der Waals surface area (Å²) in [5.41, 5.74) is 0. The predicted molar refractivity (Wildman–Crippen MR) is 36.1 cm³/mol. The summed E-state index contributed by atoms with van der Waals surface area (Å²) >= 11 is 4.14. The van der Waals surface area contributed by atoms with E-state index < -0.39 is 0 Å². The molecular formula is C7H9CoO2. The molecule has 3 heteroatoms. The van der Waals surface area contributed by atoms with Crippen LogP contribution in [0.25, 0.3) is 0 Å². The minimum atomic E-state index is 1.03. The molecule has 0 N–H and O–H groups in total. The van der Waals surface area contributed by atoms with Crippen molar-refractivity contribution < 1.29 is 25.3 Å². The van der Waals surface area contributed by atoms with Crippen LogP contribution in [0.1, 0.15) is 6.42 Å². The van der Waals surface area contributed by atoms with Crippen molar-refractivity contribution in [2.75, 3.05) is 0 Å². The fourth-order valence-corrected chi connectivity index (χ4v) is 0.634. The molecule has 0 aromatic carbocycles. The van der Waals surface area contributed by atoms with Gasteiger partial charge in [0.15, 0.2) is 0 Å². The number of hydrogen-bond donors (Lipinski definition) is 0. The van der Waals surface area contributed by atoms with Gasteiger partial charge < -0.3 is 9.59 Å². The third-order valence-electron chi connectivity index (χ3n) is 0.709. The average molecular weight is 184 g/mol. The molecule has 0 saturated heterocycles. The molecule has 0 radical (unpaired) electrons. The maximum absolute atomic E-state index is 8.00. The van der Waals surface area contributed by atoms with E-state index in [1.165, 1.54) is 0 Å². The summed E-state index contributed by atoms with van der Waals surface area (Å²) in [6, 6.07) is 0. The van der Waals surface area contributed by atoms with Crippen LogP contribution in [-0.2, 0) is 25.3 Å². The van der Waals surface area contributed by atoms with E-state index in [9.17, 15) is 0 Å². The maximum atomic E-state index is 8.00. The van der Waals surface area contributed by atoms with Crippen molar-refractivity contribution >= 4 is 13.6 Å². The van der Waals surface area contributed by atoms with Crippen molar-refractivity contribution in [1.82, 2.24) is 0 Å². The second kappa shape index (κ2) is 11.2. The van der Waals surface area contributed by atoms with Gasteiger partial charge in [0, 0.05) is 0 Å². The quantitative estimate of drug-likeness (QED) is 0.562. The molecule has 0 spiro atoms. The summed E-state index contributed by atoms with van der Waals surface area (Å²) in [4.78, 5) is 16.0. The molecule has 1 aliphatic rings. The molecule has 0 aromatic heterocycles. The molecule has 0 aliphatic heterocycles. The van der Waals surface area contributed by atoms with Crippen molar-refractivity contribution in [1.29, 1.82) is 0 Å². The van der Waals surface area contributed by atoms with Crippen LogP contribution in [0, 0.1) is 0 Å². The van der Waals surface area contributed by atoms with Crippen LogP contribution in [0.5, 0.6) is 0 Å². The van der Waals surface area contributed by atoms with Crippen molar-refractivity contribution in [3.05, 3.63) is 22.7 Å². The number of hydrogen-bond acceptors (Lipinski definition) is 2. The van der Waals surface area contributed by atoms with E-state index in [1.54, 1.807) is 0 Å². The first kappa shape index (κ1) is 12.0. The van der Waals surface area contributed by atoms with E-state index in [-0.39, 0.29) is 0 Å². The minimum absolute atomic E-state index is 1.03. The zero-order chi connectivity index (χ0) is 8.41. The molecule has 0 bridgehead atoms. The molecule has 2 nitrogen and oxygen atoms in total. The molecule has 0 aromatic rings. The number of carbonyl (C=O) groups is 2. The summed E-state index contributed by atoms with van der Waals surface area (Å²) < 4.78 is 1.16. The summed E-state index contributed by atoms with van der Waals surface area (Å²) in [6.45, 7) is 4.00. The van der Waals surface area contributed by atoms with Gasteiger partial charge in [0.2, 0.25) is 0 Å². The van der Waals surface area contributed by atoms with Gasteiger partial charge in [-0.25, -0.2) is 0 Å². The Balaban J connectivity index is 0. The van der Waals surface area contributed by atoms with Crippen molar-refractivity contribution in [2.45, 2.75) is 6.42 Å². The second-order valence-corrected chi connectivity index (χ2v) is 1.89. The molecule has 0 fully saturated rings. The van der Waals surface area contributed by atoms with Crippen molar-refractivity contribution in [3.63, 3.8) is 0 Å². The van der Waals surface area contributed by atoms with Crippen LogP contribution >= 0.6 is 0 Å². The first-order chi connectivity index (χ1) is 4.89. The van der Waals surface area contributed by atoms with E-state index in [2.05, 4.69) is 21.8 Å². The van der Waals surface area contributed by atoms with Gasteiger partial charge in [0.1, 0.15) is 13.6 Å². The van der Waals surface area contributed by atoms with Gasteiger partial charge in [0.05, 0.1) is 0 Å². The fraction of sp³-hybridized carbons (Fsp3) is 0.143. The monoisotopic (exact) mass is 184 g/mol. The third kappa shape index (κ3) is 7.33. The number of carbonyl (C=O) groups excluding carboxylic acids is 2. The SMILES string of the molecule is C=O.C=O.[Co][C]1=CC=CC1. The third-order valence-corrected chi connectivity index (χ3v) is 1.10. The van der Waals surface area contributed by atoms with Gasteiger partial charge in [-0.05, 0) is 0 Å². The Morgan fingerprint density at radius 2 is 1.80 bits per heavy atom. The zero-order valence-electron chi connectivity index (χ0n) is 5.50. The van der Waals surface area contributed by atoms with Crippen molar-refractivity contribution in [2.24, 2.45) is 0 Å².